The Kier molecular flexibility index (Phi) is 5.30. The molecule has 0 N–H and O–H groups in total. The van der Waals surface area contributed by atoms with Gasteiger partial charge < -0.3 is 4.42 Å². The zero-order chi connectivity index (χ0) is 27.6. The van der Waals surface area contributed by atoms with E-state index in [4.69, 9.17) is 9.40 Å². The van der Waals surface area contributed by atoms with Crippen molar-refractivity contribution in [3.63, 3.8) is 0 Å². The van der Waals surface area contributed by atoms with E-state index in [0.29, 0.717) is 6.01 Å². The third-order valence-corrected chi connectivity index (χ3v) is 8.84. The fourth-order valence-electron chi connectivity index (χ4n) is 6.70. The van der Waals surface area contributed by atoms with Crippen molar-refractivity contribution in [1.29, 1.82) is 0 Å². The summed E-state index contributed by atoms with van der Waals surface area (Å²) in [5.74, 6) is 0. The lowest BCUT2D eigenvalue weighted by Crippen LogP contribution is -2.30. The highest BCUT2D eigenvalue weighted by Crippen LogP contribution is 2.50. The van der Waals surface area contributed by atoms with Crippen molar-refractivity contribution in [3.8, 4) is 11.1 Å². The molecule has 2 aliphatic rings. The molecule has 8 rings (SSSR count). The largest absolute Gasteiger partial charge is 0.423 e. The summed E-state index contributed by atoms with van der Waals surface area (Å²) in [6.45, 7) is 4.64. The van der Waals surface area contributed by atoms with Gasteiger partial charge in [-0.15, -0.1) is 0 Å². The molecule has 0 radical (unpaired) electrons. The van der Waals surface area contributed by atoms with Gasteiger partial charge in [-0.25, -0.2) is 0 Å². The molecule has 3 nitrogen and oxygen atoms in total. The molecule has 1 unspecified atom stereocenters. The van der Waals surface area contributed by atoms with E-state index >= 15 is 0 Å². The maximum Gasteiger partial charge on any atom is 0.303 e. The van der Waals surface area contributed by atoms with Crippen molar-refractivity contribution in [2.75, 3.05) is 4.90 Å². The van der Waals surface area contributed by atoms with E-state index in [9.17, 15) is 0 Å². The summed E-state index contributed by atoms with van der Waals surface area (Å²) in [5, 5.41) is 2.27. The Morgan fingerprint density at radius 1 is 0.780 bits per heavy atom. The molecular formula is C38H30N2O. The second kappa shape index (κ2) is 9.07. The predicted molar refractivity (Wildman–Crippen MR) is 170 cm³/mol. The van der Waals surface area contributed by atoms with Crippen molar-refractivity contribution in [2.24, 2.45) is 0 Å². The number of aromatic nitrogens is 1. The molecule has 0 amide bonds. The lowest BCUT2D eigenvalue weighted by molar-refractivity contribution is 0.575. The van der Waals surface area contributed by atoms with Crippen LogP contribution < -0.4 is 4.90 Å². The number of allylic oxidation sites excluding steroid dienone is 2. The zero-order valence-electron chi connectivity index (χ0n) is 23.2. The molecule has 1 atom stereocenters. The molecule has 1 aromatic heterocycles. The van der Waals surface area contributed by atoms with E-state index in [1.807, 2.05) is 6.07 Å². The van der Waals surface area contributed by atoms with E-state index in [1.54, 1.807) is 0 Å². The number of hydrogen-bond acceptors (Lipinski definition) is 3. The van der Waals surface area contributed by atoms with Crippen LogP contribution in [0.2, 0.25) is 0 Å². The normalized spacial score (nSPS) is 16.9. The van der Waals surface area contributed by atoms with E-state index in [0.717, 1.165) is 34.0 Å². The first-order chi connectivity index (χ1) is 20.1. The van der Waals surface area contributed by atoms with Crippen molar-refractivity contribution in [3.05, 3.63) is 144 Å². The molecule has 0 saturated heterocycles. The van der Waals surface area contributed by atoms with Gasteiger partial charge >= 0.3 is 6.01 Å². The lowest BCUT2D eigenvalue weighted by Gasteiger charge is -2.30. The first kappa shape index (κ1) is 24.0. The maximum atomic E-state index is 6.55. The summed E-state index contributed by atoms with van der Waals surface area (Å²) < 4.78 is 6.55. The molecule has 1 heterocycles. The Labute approximate surface area is 240 Å². The molecular weight excluding hydrogens is 500 g/mol. The second-order valence-electron chi connectivity index (χ2n) is 11.6. The van der Waals surface area contributed by atoms with Crippen LogP contribution in [0.5, 0.6) is 0 Å². The average Bonchev–Trinajstić information content (AvgIpc) is 3.55. The first-order valence-corrected chi connectivity index (χ1v) is 14.3. The van der Waals surface area contributed by atoms with Crippen molar-refractivity contribution >= 4 is 39.1 Å². The van der Waals surface area contributed by atoms with Gasteiger partial charge in [0.1, 0.15) is 5.52 Å². The summed E-state index contributed by atoms with van der Waals surface area (Å²) in [7, 11) is 0. The van der Waals surface area contributed by atoms with Crippen LogP contribution in [0.25, 0.3) is 38.6 Å². The number of fused-ring (bicyclic) bond motifs is 6. The quantitative estimate of drug-likeness (QED) is 0.227. The van der Waals surface area contributed by atoms with Crippen LogP contribution in [0.15, 0.2) is 132 Å². The van der Waals surface area contributed by atoms with Crippen LogP contribution in [-0.2, 0) is 5.41 Å². The van der Waals surface area contributed by atoms with Crippen molar-refractivity contribution in [1.82, 2.24) is 4.98 Å². The minimum absolute atomic E-state index is 0.0378. The molecule has 0 saturated carbocycles. The van der Waals surface area contributed by atoms with Crippen LogP contribution in [0.1, 0.15) is 37.0 Å². The molecule has 3 heteroatoms. The third-order valence-electron chi connectivity index (χ3n) is 8.84. The fraction of sp³-hybridized carbons (Fsp3) is 0.132. The molecule has 6 aromatic rings. The average molecular weight is 531 g/mol. The summed E-state index contributed by atoms with van der Waals surface area (Å²) >= 11 is 0. The lowest BCUT2D eigenvalue weighted by atomic mass is 9.82. The predicted octanol–water partition coefficient (Wildman–Crippen LogP) is 9.84. The van der Waals surface area contributed by atoms with E-state index < -0.39 is 0 Å². The molecule has 5 aromatic carbocycles. The Balaban J connectivity index is 1.28. The number of oxazole rings is 1. The number of benzene rings is 5. The van der Waals surface area contributed by atoms with Gasteiger partial charge in [-0.3, -0.25) is 4.90 Å². The van der Waals surface area contributed by atoms with Gasteiger partial charge in [-0.05, 0) is 63.4 Å². The number of hydrogen-bond donors (Lipinski definition) is 0. The molecule has 0 spiro atoms. The summed E-state index contributed by atoms with van der Waals surface area (Å²) in [5.41, 5.74) is 10.6. The minimum atomic E-state index is -0.0378. The number of nitrogens with zero attached hydrogens (tertiary/aromatic N) is 2. The van der Waals surface area contributed by atoms with Crippen molar-refractivity contribution < 1.29 is 4.42 Å². The Morgan fingerprint density at radius 2 is 1.56 bits per heavy atom. The van der Waals surface area contributed by atoms with Crippen LogP contribution in [0.4, 0.5) is 11.7 Å². The number of anilines is 2. The van der Waals surface area contributed by atoms with Crippen LogP contribution >= 0.6 is 0 Å². The smallest absolute Gasteiger partial charge is 0.303 e. The van der Waals surface area contributed by atoms with Gasteiger partial charge in [0.15, 0.2) is 5.58 Å². The standard InChI is InChI=1S/C38H30N2O/c1-38(2)33-15-9-8-14-31(33)32-24-29(21-22-34(32)38)40(28-19-16-26(17-20-28)25-10-4-3-5-11-25)37-39-36-30-13-7-6-12-27(30)18-23-35(36)41-37/h3-19,21-24,28H,20H2,1-2H3. The first-order valence-electron chi connectivity index (χ1n) is 14.3. The Bertz CT molecular complexity index is 2010. The monoisotopic (exact) mass is 530 g/mol. The van der Waals surface area contributed by atoms with E-state index in [2.05, 4.69) is 140 Å². The summed E-state index contributed by atoms with van der Waals surface area (Å²) in [6, 6.07) is 39.5. The number of rotatable bonds is 4. The van der Waals surface area contributed by atoms with Crippen molar-refractivity contribution in [2.45, 2.75) is 31.7 Å². The van der Waals surface area contributed by atoms with Crippen LogP contribution in [-0.4, -0.2) is 11.0 Å². The molecule has 198 valence electrons. The SMILES string of the molecule is CC1(C)c2ccccc2-c2cc(N(c3nc4c(ccc5ccccc54)o3)C3C=CC(c4ccccc4)=CC3)ccc21. The van der Waals surface area contributed by atoms with E-state index in [-0.39, 0.29) is 11.5 Å². The van der Waals surface area contributed by atoms with Gasteiger partial charge in [-0.1, -0.05) is 123 Å². The third kappa shape index (κ3) is 3.76. The molecule has 0 aliphatic heterocycles. The molecule has 2 aliphatic carbocycles. The van der Waals surface area contributed by atoms with Gasteiger partial charge in [0.25, 0.3) is 0 Å². The van der Waals surface area contributed by atoms with Crippen LogP contribution in [0, 0.1) is 0 Å². The topological polar surface area (TPSA) is 29.3 Å². The minimum Gasteiger partial charge on any atom is -0.423 e. The maximum absolute atomic E-state index is 6.55. The molecule has 0 fully saturated rings. The second-order valence-corrected chi connectivity index (χ2v) is 11.6. The molecule has 0 bridgehead atoms. The van der Waals surface area contributed by atoms with Gasteiger partial charge in [-0.2, -0.15) is 4.98 Å². The fourth-order valence-corrected chi connectivity index (χ4v) is 6.70. The Morgan fingerprint density at radius 3 is 2.41 bits per heavy atom. The highest BCUT2D eigenvalue weighted by atomic mass is 16.4. The van der Waals surface area contributed by atoms with Crippen LogP contribution in [0.3, 0.4) is 0 Å². The molecule has 41 heavy (non-hydrogen) atoms. The summed E-state index contributed by atoms with van der Waals surface area (Å²) in [6.07, 6.45) is 7.71. The summed E-state index contributed by atoms with van der Waals surface area (Å²) in [4.78, 5) is 7.42. The Hall–Kier alpha value is -4.89. The highest BCUT2D eigenvalue weighted by Gasteiger charge is 2.36. The van der Waals surface area contributed by atoms with Gasteiger partial charge in [0, 0.05) is 16.5 Å². The van der Waals surface area contributed by atoms with Gasteiger partial charge in [0.2, 0.25) is 0 Å². The zero-order valence-corrected chi connectivity index (χ0v) is 23.2. The van der Waals surface area contributed by atoms with Gasteiger partial charge in [0.05, 0.1) is 6.04 Å². The highest BCUT2D eigenvalue weighted by molar-refractivity contribution is 6.04. The van der Waals surface area contributed by atoms with E-state index in [1.165, 1.54) is 33.4 Å².